The smallest absolute Gasteiger partial charge is 0.387 e. The number of hydrogen-bond donors (Lipinski definition) is 1. The van der Waals surface area contributed by atoms with Crippen molar-refractivity contribution < 1.29 is 37.4 Å². The van der Waals surface area contributed by atoms with Crippen molar-refractivity contribution in [1.82, 2.24) is 5.32 Å². The van der Waals surface area contributed by atoms with Gasteiger partial charge in [-0.05, 0) is 49.9 Å². The first-order valence-corrected chi connectivity index (χ1v) is 9.43. The minimum Gasteiger partial charge on any atom is -0.455 e. The van der Waals surface area contributed by atoms with Gasteiger partial charge in [-0.25, -0.2) is 0 Å². The Morgan fingerprint density at radius 3 is 2.28 bits per heavy atom. The standard InChI is InChI=1S/C20H21F2NO6/c21-20(22)29-15-6-4-11(5-7-15)18(26)23-16(24)10-28-19(27)14-8-12-2-1-3-13(9-14)17(12)25/h4-7,12-14,20H,1-3,8-10H2,(H,23,24,26)/t12-,13-/m1/s1. The molecule has 156 valence electrons. The highest BCUT2D eigenvalue weighted by atomic mass is 19.3. The molecule has 2 bridgehead atoms. The summed E-state index contributed by atoms with van der Waals surface area (Å²) in [5, 5.41) is 2.06. The predicted molar refractivity (Wildman–Crippen MR) is 95.1 cm³/mol. The molecular formula is C20H21F2NO6. The quantitative estimate of drug-likeness (QED) is 0.725. The van der Waals surface area contributed by atoms with E-state index in [1.165, 1.54) is 24.3 Å². The van der Waals surface area contributed by atoms with Crippen LogP contribution in [-0.4, -0.2) is 36.8 Å². The van der Waals surface area contributed by atoms with Gasteiger partial charge in [-0.1, -0.05) is 6.42 Å². The predicted octanol–water partition coefficient (Wildman–Crippen LogP) is 2.48. The number of rotatable bonds is 6. The van der Waals surface area contributed by atoms with Crippen LogP contribution in [0.2, 0.25) is 0 Å². The topological polar surface area (TPSA) is 98.8 Å². The van der Waals surface area contributed by atoms with Crippen molar-refractivity contribution in [1.29, 1.82) is 0 Å². The van der Waals surface area contributed by atoms with Gasteiger partial charge < -0.3 is 9.47 Å². The number of Topliss-reactive ketones (excluding diaryl/α,β-unsaturated/α-hetero) is 1. The van der Waals surface area contributed by atoms with Crippen LogP contribution in [0, 0.1) is 17.8 Å². The normalized spacial score (nSPS) is 23.4. The van der Waals surface area contributed by atoms with E-state index in [9.17, 15) is 28.0 Å². The van der Waals surface area contributed by atoms with Crippen molar-refractivity contribution in [3.63, 3.8) is 0 Å². The van der Waals surface area contributed by atoms with Gasteiger partial charge in [-0.15, -0.1) is 0 Å². The first kappa shape index (κ1) is 20.9. The fourth-order valence-electron chi connectivity index (χ4n) is 3.95. The molecule has 2 fully saturated rings. The number of ether oxygens (including phenoxy) is 2. The summed E-state index contributed by atoms with van der Waals surface area (Å²) in [5.41, 5.74) is 0.0601. The Balaban J connectivity index is 1.45. The molecule has 2 saturated carbocycles. The van der Waals surface area contributed by atoms with Crippen molar-refractivity contribution in [2.75, 3.05) is 6.61 Å². The Kier molecular flexibility index (Phi) is 6.56. The lowest BCUT2D eigenvalue weighted by atomic mass is 9.67. The Labute approximate surface area is 165 Å². The lowest BCUT2D eigenvalue weighted by Crippen LogP contribution is -2.40. The third kappa shape index (κ3) is 5.36. The molecule has 9 heteroatoms. The minimum absolute atomic E-state index is 0.0601. The highest BCUT2D eigenvalue weighted by molar-refractivity contribution is 6.05. The van der Waals surface area contributed by atoms with Crippen LogP contribution >= 0.6 is 0 Å². The minimum atomic E-state index is -2.98. The zero-order valence-corrected chi connectivity index (χ0v) is 15.6. The van der Waals surface area contributed by atoms with E-state index in [2.05, 4.69) is 10.1 Å². The monoisotopic (exact) mass is 409 g/mol. The van der Waals surface area contributed by atoms with Crippen LogP contribution in [0.25, 0.3) is 0 Å². The number of benzene rings is 1. The number of alkyl halides is 2. The molecule has 2 aliphatic carbocycles. The number of nitrogens with one attached hydrogen (secondary N) is 1. The Morgan fingerprint density at radius 2 is 1.69 bits per heavy atom. The Hall–Kier alpha value is -2.84. The molecule has 1 aromatic rings. The van der Waals surface area contributed by atoms with Gasteiger partial charge in [-0.2, -0.15) is 8.78 Å². The lowest BCUT2D eigenvalue weighted by Gasteiger charge is -2.36. The van der Waals surface area contributed by atoms with Crippen LogP contribution in [0.1, 0.15) is 42.5 Å². The second-order valence-electron chi connectivity index (χ2n) is 7.28. The summed E-state index contributed by atoms with van der Waals surface area (Å²) in [5.74, 6) is -2.60. The second-order valence-corrected chi connectivity index (χ2v) is 7.28. The molecular weight excluding hydrogens is 388 g/mol. The molecule has 1 N–H and O–H groups in total. The molecule has 0 saturated heterocycles. The summed E-state index contributed by atoms with van der Waals surface area (Å²) < 4.78 is 33.4. The SMILES string of the molecule is O=C(COC(=O)C1C[C@H]2CCC[C@H](C1)C2=O)NC(=O)c1ccc(OC(F)F)cc1. The highest BCUT2D eigenvalue weighted by Gasteiger charge is 2.41. The van der Waals surface area contributed by atoms with E-state index in [0.717, 1.165) is 19.3 Å². The second kappa shape index (κ2) is 9.11. The van der Waals surface area contributed by atoms with E-state index in [1.54, 1.807) is 0 Å². The van der Waals surface area contributed by atoms with Gasteiger partial charge in [0.1, 0.15) is 11.5 Å². The van der Waals surface area contributed by atoms with E-state index < -0.39 is 36.9 Å². The van der Waals surface area contributed by atoms with Gasteiger partial charge >= 0.3 is 12.6 Å². The van der Waals surface area contributed by atoms with Crippen LogP contribution in [0.3, 0.4) is 0 Å². The van der Waals surface area contributed by atoms with E-state index in [-0.39, 0.29) is 28.9 Å². The average molecular weight is 409 g/mol. The fourth-order valence-corrected chi connectivity index (χ4v) is 3.95. The summed E-state index contributed by atoms with van der Waals surface area (Å²) in [6.45, 7) is -3.59. The molecule has 1 aromatic carbocycles. The zero-order chi connectivity index (χ0) is 21.0. The number of esters is 1. The Bertz CT molecular complexity index is 779. The molecule has 2 atom stereocenters. The summed E-state index contributed by atoms with van der Waals surface area (Å²) >= 11 is 0. The molecule has 2 amide bonds. The van der Waals surface area contributed by atoms with Gasteiger partial charge in [0.2, 0.25) is 0 Å². The molecule has 0 aliphatic heterocycles. The van der Waals surface area contributed by atoms with Crippen molar-refractivity contribution in [3.8, 4) is 5.75 Å². The molecule has 0 radical (unpaired) electrons. The number of fused-ring (bicyclic) bond motifs is 2. The molecule has 7 nitrogen and oxygen atoms in total. The van der Waals surface area contributed by atoms with Gasteiger partial charge in [0.05, 0.1) is 5.92 Å². The van der Waals surface area contributed by atoms with Crippen LogP contribution in [0.4, 0.5) is 8.78 Å². The molecule has 0 aromatic heterocycles. The molecule has 0 unspecified atom stereocenters. The summed E-state index contributed by atoms with van der Waals surface area (Å²) in [6.07, 6.45) is 3.45. The number of carbonyl (C=O) groups is 4. The summed E-state index contributed by atoms with van der Waals surface area (Å²) in [7, 11) is 0. The lowest BCUT2D eigenvalue weighted by molar-refractivity contribution is -0.156. The number of halogens is 2. The van der Waals surface area contributed by atoms with Crippen molar-refractivity contribution in [2.45, 2.75) is 38.7 Å². The number of ketones is 1. The highest BCUT2D eigenvalue weighted by Crippen LogP contribution is 2.40. The molecule has 2 aliphatic rings. The fraction of sp³-hybridized carbons (Fsp3) is 0.500. The maximum Gasteiger partial charge on any atom is 0.387 e. The van der Waals surface area contributed by atoms with Gasteiger partial charge in [-0.3, -0.25) is 24.5 Å². The van der Waals surface area contributed by atoms with Crippen LogP contribution in [0.5, 0.6) is 5.75 Å². The van der Waals surface area contributed by atoms with Crippen LogP contribution in [0.15, 0.2) is 24.3 Å². The molecule has 0 heterocycles. The van der Waals surface area contributed by atoms with Gasteiger partial charge in [0.15, 0.2) is 6.61 Å². The van der Waals surface area contributed by atoms with Crippen LogP contribution < -0.4 is 10.1 Å². The van der Waals surface area contributed by atoms with Gasteiger partial charge in [0, 0.05) is 17.4 Å². The average Bonchev–Trinajstić information content (AvgIpc) is 2.66. The maximum atomic E-state index is 12.2. The van der Waals surface area contributed by atoms with E-state index >= 15 is 0 Å². The number of amides is 2. The number of carbonyl (C=O) groups excluding carboxylic acids is 4. The van der Waals surface area contributed by atoms with Gasteiger partial charge in [0.25, 0.3) is 11.8 Å². The van der Waals surface area contributed by atoms with Crippen molar-refractivity contribution in [3.05, 3.63) is 29.8 Å². The maximum absolute atomic E-state index is 12.2. The third-order valence-electron chi connectivity index (χ3n) is 5.32. The third-order valence-corrected chi connectivity index (χ3v) is 5.32. The van der Waals surface area contributed by atoms with Crippen LogP contribution in [-0.2, 0) is 19.1 Å². The molecule has 3 rings (SSSR count). The summed E-state index contributed by atoms with van der Waals surface area (Å²) in [4.78, 5) is 48.2. The van der Waals surface area contributed by atoms with E-state index in [0.29, 0.717) is 12.8 Å². The first-order chi connectivity index (χ1) is 13.8. The number of hydrogen-bond acceptors (Lipinski definition) is 6. The van der Waals surface area contributed by atoms with Crippen molar-refractivity contribution >= 4 is 23.6 Å². The largest absolute Gasteiger partial charge is 0.455 e. The van der Waals surface area contributed by atoms with E-state index in [1.807, 2.05) is 0 Å². The van der Waals surface area contributed by atoms with Crippen molar-refractivity contribution in [2.24, 2.45) is 17.8 Å². The number of imide groups is 1. The molecule has 29 heavy (non-hydrogen) atoms. The summed E-state index contributed by atoms with van der Waals surface area (Å²) in [6, 6.07) is 4.80. The Morgan fingerprint density at radius 1 is 1.07 bits per heavy atom. The first-order valence-electron chi connectivity index (χ1n) is 9.43. The molecule has 0 spiro atoms. The zero-order valence-electron chi connectivity index (χ0n) is 15.6. The van der Waals surface area contributed by atoms with E-state index in [4.69, 9.17) is 4.74 Å².